The summed E-state index contributed by atoms with van der Waals surface area (Å²) >= 11 is 3.55. The first-order chi connectivity index (χ1) is 8.63. The number of thiophene rings is 1. The second kappa shape index (κ2) is 5.86. The Morgan fingerprint density at radius 2 is 2.28 bits per heavy atom. The Balaban J connectivity index is 2.28. The molecule has 2 aromatic heterocycles. The van der Waals surface area contributed by atoms with Gasteiger partial charge in [0.15, 0.2) is 5.82 Å². The van der Waals surface area contributed by atoms with Crippen molar-refractivity contribution >= 4 is 39.1 Å². The number of hydrogen-bond acceptors (Lipinski definition) is 6. The number of thioether (sulfide) groups is 1. The van der Waals surface area contributed by atoms with E-state index >= 15 is 0 Å². The van der Waals surface area contributed by atoms with Crippen molar-refractivity contribution in [3.63, 3.8) is 0 Å². The molecular weight excluding hydrogens is 264 g/mol. The number of nitrogens with zero attached hydrogens (tertiary/aromatic N) is 2. The number of nitrogens with two attached hydrogens (primary N) is 1. The lowest BCUT2D eigenvalue weighted by molar-refractivity contribution is 0.902. The van der Waals surface area contributed by atoms with Gasteiger partial charge in [-0.3, -0.25) is 0 Å². The molecule has 0 aliphatic rings. The molecule has 1 unspecified atom stereocenters. The van der Waals surface area contributed by atoms with Gasteiger partial charge in [0.25, 0.3) is 0 Å². The summed E-state index contributed by atoms with van der Waals surface area (Å²) in [4.78, 5) is 11.3. The van der Waals surface area contributed by atoms with Crippen LogP contribution in [0.25, 0.3) is 10.2 Å². The summed E-state index contributed by atoms with van der Waals surface area (Å²) in [6.45, 7) is 6.48. The summed E-state index contributed by atoms with van der Waals surface area (Å²) in [5.41, 5.74) is 2.67. The average molecular weight is 282 g/mol. The van der Waals surface area contributed by atoms with Gasteiger partial charge in [-0.05, 0) is 19.4 Å². The molecule has 6 heteroatoms. The minimum absolute atomic E-state index is 0.628. The van der Waals surface area contributed by atoms with Gasteiger partial charge in [-0.25, -0.2) is 15.8 Å². The number of nitrogens with one attached hydrogen (secondary N) is 1. The van der Waals surface area contributed by atoms with Gasteiger partial charge in [-0.15, -0.1) is 11.3 Å². The van der Waals surface area contributed by atoms with E-state index in [1.807, 2.05) is 11.8 Å². The van der Waals surface area contributed by atoms with Gasteiger partial charge >= 0.3 is 0 Å². The van der Waals surface area contributed by atoms with Crippen LogP contribution < -0.4 is 11.3 Å². The first kappa shape index (κ1) is 13.6. The van der Waals surface area contributed by atoms with Crippen molar-refractivity contribution in [2.75, 3.05) is 5.43 Å². The van der Waals surface area contributed by atoms with Crippen LogP contribution in [-0.4, -0.2) is 15.2 Å². The van der Waals surface area contributed by atoms with Crippen LogP contribution in [0, 0.1) is 6.92 Å². The molecule has 0 saturated carbocycles. The Morgan fingerprint density at radius 1 is 1.50 bits per heavy atom. The molecule has 1 atom stereocenters. The number of hydrazine groups is 1. The number of fused-ring (bicyclic) bond motifs is 1. The highest BCUT2D eigenvalue weighted by Crippen LogP contribution is 2.29. The number of rotatable bonds is 5. The van der Waals surface area contributed by atoms with Gasteiger partial charge < -0.3 is 5.43 Å². The van der Waals surface area contributed by atoms with Crippen LogP contribution in [0.3, 0.4) is 0 Å². The van der Waals surface area contributed by atoms with Gasteiger partial charge in [-0.1, -0.05) is 13.8 Å². The van der Waals surface area contributed by atoms with E-state index < -0.39 is 0 Å². The van der Waals surface area contributed by atoms with E-state index in [1.54, 1.807) is 11.3 Å². The third kappa shape index (κ3) is 2.93. The molecule has 2 aromatic rings. The highest BCUT2D eigenvalue weighted by atomic mass is 32.2. The van der Waals surface area contributed by atoms with E-state index in [9.17, 15) is 0 Å². The number of hydrogen-bond donors (Lipinski definition) is 2. The third-order valence-electron chi connectivity index (χ3n) is 2.77. The molecule has 18 heavy (non-hydrogen) atoms. The molecule has 0 spiro atoms. The van der Waals surface area contributed by atoms with E-state index in [0.29, 0.717) is 5.25 Å². The molecule has 0 radical (unpaired) electrons. The molecule has 0 saturated heterocycles. The highest BCUT2D eigenvalue weighted by Gasteiger charge is 2.10. The summed E-state index contributed by atoms with van der Waals surface area (Å²) in [7, 11) is 0. The first-order valence-electron chi connectivity index (χ1n) is 5.99. The molecule has 0 bridgehead atoms. The van der Waals surface area contributed by atoms with Crippen molar-refractivity contribution in [1.29, 1.82) is 0 Å². The van der Waals surface area contributed by atoms with Crippen LogP contribution in [0.15, 0.2) is 6.07 Å². The fourth-order valence-corrected chi connectivity index (χ4v) is 3.29. The highest BCUT2D eigenvalue weighted by molar-refractivity contribution is 7.99. The standard InChI is InChI=1S/C12H18N4S2/c1-4-7(2)17-6-10-14-11(16-13)9-5-8(3)18-12(9)15-10/h5,7H,4,6,13H2,1-3H3,(H,14,15,16). The quantitative estimate of drug-likeness (QED) is 0.650. The van der Waals surface area contributed by atoms with Crippen molar-refractivity contribution in [2.45, 2.75) is 38.2 Å². The van der Waals surface area contributed by atoms with Crippen molar-refractivity contribution < 1.29 is 0 Å². The predicted octanol–water partition coefficient (Wildman–Crippen LogP) is 3.32. The maximum absolute atomic E-state index is 5.53. The van der Waals surface area contributed by atoms with E-state index in [2.05, 4.69) is 42.2 Å². The van der Waals surface area contributed by atoms with Crippen molar-refractivity contribution in [2.24, 2.45) is 5.84 Å². The second-order valence-corrected chi connectivity index (χ2v) is 6.90. The minimum atomic E-state index is 0.628. The molecule has 0 fully saturated rings. The molecule has 0 aliphatic carbocycles. The largest absolute Gasteiger partial charge is 0.308 e. The minimum Gasteiger partial charge on any atom is -0.308 e. The Morgan fingerprint density at radius 3 is 2.94 bits per heavy atom. The Labute approximate surface area is 115 Å². The Bertz CT molecular complexity index is 538. The predicted molar refractivity (Wildman–Crippen MR) is 81.0 cm³/mol. The molecular formula is C12H18N4S2. The topological polar surface area (TPSA) is 63.8 Å². The summed E-state index contributed by atoms with van der Waals surface area (Å²) < 4.78 is 0. The summed E-state index contributed by atoms with van der Waals surface area (Å²) in [6, 6.07) is 2.07. The van der Waals surface area contributed by atoms with E-state index in [1.165, 1.54) is 4.88 Å². The van der Waals surface area contributed by atoms with Crippen LogP contribution in [0.2, 0.25) is 0 Å². The number of nitrogen functional groups attached to an aromatic ring is 1. The fourth-order valence-electron chi connectivity index (χ4n) is 1.60. The monoisotopic (exact) mass is 282 g/mol. The number of aryl methyl sites for hydroxylation is 1. The van der Waals surface area contributed by atoms with Crippen LogP contribution >= 0.6 is 23.1 Å². The fraction of sp³-hybridized carbons (Fsp3) is 0.500. The average Bonchev–Trinajstić information content (AvgIpc) is 2.74. The van der Waals surface area contributed by atoms with Gasteiger partial charge in [0, 0.05) is 10.1 Å². The van der Waals surface area contributed by atoms with E-state index in [-0.39, 0.29) is 0 Å². The van der Waals surface area contributed by atoms with Gasteiger partial charge in [0.05, 0.1) is 11.1 Å². The lowest BCUT2D eigenvalue weighted by atomic mass is 10.3. The Kier molecular flexibility index (Phi) is 4.42. The second-order valence-electron chi connectivity index (χ2n) is 4.24. The molecule has 2 heterocycles. The maximum atomic E-state index is 5.53. The number of anilines is 1. The lowest BCUT2D eigenvalue weighted by Gasteiger charge is -2.08. The molecule has 0 aromatic carbocycles. The van der Waals surface area contributed by atoms with Crippen LogP contribution in [0.5, 0.6) is 0 Å². The van der Waals surface area contributed by atoms with Crippen LogP contribution in [0.4, 0.5) is 5.82 Å². The molecule has 0 amide bonds. The Hall–Kier alpha value is -0.850. The van der Waals surface area contributed by atoms with E-state index in [4.69, 9.17) is 5.84 Å². The zero-order chi connectivity index (χ0) is 13.1. The first-order valence-corrected chi connectivity index (χ1v) is 7.85. The third-order valence-corrected chi connectivity index (χ3v) is 5.04. The molecule has 2 rings (SSSR count). The zero-order valence-corrected chi connectivity index (χ0v) is 12.5. The zero-order valence-electron chi connectivity index (χ0n) is 10.9. The van der Waals surface area contributed by atoms with Crippen molar-refractivity contribution in [3.05, 3.63) is 16.8 Å². The van der Waals surface area contributed by atoms with Gasteiger partial charge in [0.1, 0.15) is 10.7 Å². The van der Waals surface area contributed by atoms with Crippen LogP contribution in [-0.2, 0) is 5.75 Å². The normalized spacial score (nSPS) is 12.9. The summed E-state index contributed by atoms with van der Waals surface area (Å²) in [5, 5.41) is 1.64. The van der Waals surface area contributed by atoms with Crippen molar-refractivity contribution in [3.8, 4) is 0 Å². The smallest absolute Gasteiger partial charge is 0.152 e. The van der Waals surface area contributed by atoms with Gasteiger partial charge in [-0.2, -0.15) is 11.8 Å². The molecule has 4 nitrogen and oxygen atoms in total. The SMILES string of the molecule is CCC(C)SCc1nc(NN)c2cc(C)sc2n1. The molecule has 0 aliphatic heterocycles. The summed E-state index contributed by atoms with van der Waals surface area (Å²) in [5.74, 6) is 7.94. The maximum Gasteiger partial charge on any atom is 0.152 e. The van der Waals surface area contributed by atoms with Gasteiger partial charge in [0.2, 0.25) is 0 Å². The lowest BCUT2D eigenvalue weighted by Crippen LogP contribution is -2.10. The summed E-state index contributed by atoms with van der Waals surface area (Å²) in [6.07, 6.45) is 1.16. The number of aromatic nitrogens is 2. The van der Waals surface area contributed by atoms with E-state index in [0.717, 1.165) is 34.0 Å². The molecule has 3 N–H and O–H groups in total. The molecule has 98 valence electrons. The van der Waals surface area contributed by atoms with Crippen LogP contribution in [0.1, 0.15) is 31.0 Å². The van der Waals surface area contributed by atoms with Crippen molar-refractivity contribution in [1.82, 2.24) is 9.97 Å².